The maximum Gasteiger partial charge on any atom is 0.255 e. The Balaban J connectivity index is 1.67. The summed E-state index contributed by atoms with van der Waals surface area (Å²) in [6.45, 7) is 1.27. The number of hydrogen-bond acceptors (Lipinski definition) is 6. The summed E-state index contributed by atoms with van der Waals surface area (Å²) >= 11 is 1.70. The number of likely N-dealkylation sites (tertiary alicyclic amines) is 1. The zero-order valence-corrected chi connectivity index (χ0v) is 16.8. The molecule has 2 heterocycles. The van der Waals surface area contributed by atoms with Gasteiger partial charge in [0.2, 0.25) is 0 Å². The summed E-state index contributed by atoms with van der Waals surface area (Å²) in [4.78, 5) is 13.2. The van der Waals surface area contributed by atoms with Gasteiger partial charge in [0.05, 0.1) is 12.2 Å². The third-order valence-electron chi connectivity index (χ3n) is 5.10. The van der Waals surface area contributed by atoms with E-state index in [1.54, 1.807) is 11.3 Å². The largest absolute Gasteiger partial charge is 0.483 e. The topological polar surface area (TPSA) is 96.0 Å². The van der Waals surface area contributed by atoms with E-state index in [0.717, 1.165) is 16.7 Å². The quantitative estimate of drug-likeness (QED) is 0.578. The van der Waals surface area contributed by atoms with Crippen molar-refractivity contribution < 1.29 is 19.7 Å². The lowest BCUT2D eigenvalue weighted by molar-refractivity contribution is -0.119. The number of carbonyl (C=O) groups is 1. The predicted molar refractivity (Wildman–Crippen MR) is 114 cm³/mol. The minimum absolute atomic E-state index is 0.195. The molecule has 0 aliphatic carbocycles. The van der Waals surface area contributed by atoms with Crippen molar-refractivity contribution in [1.82, 2.24) is 4.90 Å². The number of β-amino-alcohol motifs (C(OH)–C–C–N with tert-alkyl or cyclic N) is 2. The Morgan fingerprint density at radius 2 is 1.93 bits per heavy atom. The van der Waals surface area contributed by atoms with Crippen LogP contribution in [0.4, 0.5) is 0 Å². The fourth-order valence-electron chi connectivity index (χ4n) is 3.87. The number of hydrogen-bond donors (Lipinski definition) is 3. The lowest BCUT2D eigenvalue weighted by Gasteiger charge is -2.33. The summed E-state index contributed by atoms with van der Waals surface area (Å²) in [5, 5.41) is 23.3. The number of benzene rings is 2. The number of primary amides is 1. The van der Waals surface area contributed by atoms with Crippen LogP contribution < -0.4 is 10.5 Å². The van der Waals surface area contributed by atoms with Crippen molar-refractivity contribution in [1.29, 1.82) is 0 Å². The van der Waals surface area contributed by atoms with Gasteiger partial charge in [0, 0.05) is 47.3 Å². The highest BCUT2D eigenvalue weighted by Crippen LogP contribution is 2.36. The van der Waals surface area contributed by atoms with Crippen molar-refractivity contribution >= 4 is 27.3 Å². The Bertz CT molecular complexity index is 1010. The predicted octanol–water partition coefficient (Wildman–Crippen LogP) is 2.36. The first-order chi connectivity index (χ1) is 14.0. The molecular formula is C22H24N2O4S. The van der Waals surface area contributed by atoms with E-state index in [1.165, 1.54) is 10.1 Å². The number of piperidine rings is 1. The molecule has 1 aromatic heterocycles. The molecule has 2 aromatic carbocycles. The fourth-order valence-corrected chi connectivity index (χ4v) is 4.84. The third kappa shape index (κ3) is 4.59. The molecule has 29 heavy (non-hydrogen) atoms. The van der Waals surface area contributed by atoms with E-state index in [0.29, 0.717) is 31.8 Å². The second-order valence-electron chi connectivity index (χ2n) is 7.46. The van der Waals surface area contributed by atoms with Crippen molar-refractivity contribution in [3.05, 3.63) is 53.4 Å². The van der Waals surface area contributed by atoms with E-state index < -0.39 is 18.1 Å². The number of thiophene rings is 1. The van der Waals surface area contributed by atoms with Gasteiger partial charge in [0.15, 0.2) is 6.61 Å². The zero-order valence-electron chi connectivity index (χ0n) is 16.0. The second kappa shape index (κ2) is 8.51. The zero-order chi connectivity index (χ0) is 20.4. The van der Waals surface area contributed by atoms with Gasteiger partial charge in [-0.15, -0.1) is 11.3 Å². The number of ether oxygens (including phenoxy) is 1. The maximum atomic E-state index is 11.2. The number of amides is 1. The summed E-state index contributed by atoms with van der Waals surface area (Å²) < 4.78 is 6.85. The molecule has 3 aromatic rings. The molecule has 1 fully saturated rings. The number of aliphatic hydroxyl groups excluding tert-OH is 2. The molecule has 0 spiro atoms. The normalized spacial score (nSPS) is 20.1. The summed E-state index contributed by atoms with van der Waals surface area (Å²) in [6.07, 6.45) is -0.724. The van der Waals surface area contributed by atoms with Crippen LogP contribution in [-0.2, 0) is 11.3 Å². The van der Waals surface area contributed by atoms with Gasteiger partial charge in [-0.05, 0) is 29.1 Å². The minimum atomic E-state index is -0.558. The van der Waals surface area contributed by atoms with Crippen LogP contribution >= 0.6 is 11.3 Å². The number of aliphatic hydroxyl groups is 2. The van der Waals surface area contributed by atoms with Gasteiger partial charge in [0.25, 0.3) is 5.91 Å². The SMILES string of the molecule is NC(=O)COc1ccc(-c2csc3ccccc23)cc1CN1C[C@H](O)C[C@@H](O)C1. The first kappa shape index (κ1) is 19.8. The van der Waals surface area contributed by atoms with E-state index in [9.17, 15) is 15.0 Å². The van der Waals surface area contributed by atoms with Crippen LogP contribution in [0.3, 0.4) is 0 Å². The van der Waals surface area contributed by atoms with Gasteiger partial charge in [-0.2, -0.15) is 0 Å². The highest BCUT2D eigenvalue weighted by atomic mass is 32.1. The van der Waals surface area contributed by atoms with Crippen LogP contribution in [0, 0.1) is 0 Å². The molecule has 0 saturated carbocycles. The smallest absolute Gasteiger partial charge is 0.255 e. The van der Waals surface area contributed by atoms with Gasteiger partial charge < -0.3 is 20.7 Å². The molecule has 1 saturated heterocycles. The fraction of sp³-hybridized carbons (Fsp3) is 0.318. The number of fused-ring (bicyclic) bond motifs is 1. The second-order valence-corrected chi connectivity index (χ2v) is 8.37. The third-order valence-corrected chi connectivity index (χ3v) is 6.06. The molecule has 4 rings (SSSR count). The Morgan fingerprint density at radius 3 is 2.69 bits per heavy atom. The molecule has 1 aliphatic rings. The molecule has 4 N–H and O–H groups in total. The van der Waals surface area contributed by atoms with Gasteiger partial charge >= 0.3 is 0 Å². The monoisotopic (exact) mass is 412 g/mol. The molecule has 7 heteroatoms. The molecule has 0 bridgehead atoms. The highest BCUT2D eigenvalue weighted by Gasteiger charge is 2.25. The van der Waals surface area contributed by atoms with Gasteiger partial charge in [-0.1, -0.05) is 24.3 Å². The van der Waals surface area contributed by atoms with Crippen LogP contribution in [-0.4, -0.2) is 52.9 Å². The number of nitrogens with zero attached hydrogens (tertiary/aromatic N) is 1. The van der Waals surface area contributed by atoms with E-state index in [-0.39, 0.29) is 6.61 Å². The summed E-state index contributed by atoms with van der Waals surface area (Å²) in [6, 6.07) is 14.2. The number of carbonyl (C=O) groups excluding carboxylic acids is 1. The van der Waals surface area contributed by atoms with Crippen molar-refractivity contribution in [2.24, 2.45) is 5.73 Å². The van der Waals surface area contributed by atoms with E-state index in [2.05, 4.69) is 23.6 Å². The highest BCUT2D eigenvalue weighted by molar-refractivity contribution is 7.17. The van der Waals surface area contributed by atoms with E-state index in [1.807, 2.05) is 29.2 Å². The molecule has 1 amide bonds. The lowest BCUT2D eigenvalue weighted by Crippen LogP contribution is -2.45. The van der Waals surface area contributed by atoms with Gasteiger partial charge in [-0.3, -0.25) is 9.69 Å². The van der Waals surface area contributed by atoms with Crippen LogP contribution in [0.5, 0.6) is 5.75 Å². The van der Waals surface area contributed by atoms with Crippen molar-refractivity contribution in [2.75, 3.05) is 19.7 Å². The minimum Gasteiger partial charge on any atom is -0.483 e. The van der Waals surface area contributed by atoms with Crippen molar-refractivity contribution in [3.63, 3.8) is 0 Å². The van der Waals surface area contributed by atoms with E-state index >= 15 is 0 Å². The summed E-state index contributed by atoms with van der Waals surface area (Å²) in [5.41, 5.74) is 8.33. The maximum absolute atomic E-state index is 11.2. The Hall–Kier alpha value is -2.45. The van der Waals surface area contributed by atoms with Crippen LogP contribution in [0.25, 0.3) is 21.2 Å². The van der Waals surface area contributed by atoms with Crippen LogP contribution in [0.1, 0.15) is 12.0 Å². The molecule has 6 nitrogen and oxygen atoms in total. The average Bonchev–Trinajstić information content (AvgIpc) is 3.10. The Labute approximate surface area is 173 Å². The van der Waals surface area contributed by atoms with Crippen molar-refractivity contribution in [3.8, 4) is 16.9 Å². The Morgan fingerprint density at radius 1 is 1.17 bits per heavy atom. The number of rotatable bonds is 6. The van der Waals surface area contributed by atoms with Crippen molar-refractivity contribution in [2.45, 2.75) is 25.2 Å². The molecule has 0 unspecified atom stereocenters. The Kier molecular flexibility index (Phi) is 5.82. The van der Waals surface area contributed by atoms with Gasteiger partial charge in [-0.25, -0.2) is 0 Å². The standard InChI is InChI=1S/C22H24N2O4S/c23-22(27)12-28-20-6-5-14(19-13-29-21-4-2-1-3-18(19)21)7-15(20)9-24-10-16(25)8-17(26)11-24/h1-7,13,16-17,25-26H,8-12H2,(H2,23,27)/t16-,17-/m1/s1. The average molecular weight is 413 g/mol. The first-order valence-electron chi connectivity index (χ1n) is 9.58. The summed E-state index contributed by atoms with van der Waals surface area (Å²) in [5.74, 6) is 0.0503. The van der Waals surface area contributed by atoms with Crippen LogP contribution in [0.15, 0.2) is 47.8 Å². The lowest BCUT2D eigenvalue weighted by atomic mass is 10.00. The molecule has 2 atom stereocenters. The molecule has 1 aliphatic heterocycles. The molecule has 0 radical (unpaired) electrons. The van der Waals surface area contributed by atoms with Gasteiger partial charge in [0.1, 0.15) is 5.75 Å². The number of nitrogens with two attached hydrogens (primary N) is 1. The van der Waals surface area contributed by atoms with Crippen LogP contribution in [0.2, 0.25) is 0 Å². The van der Waals surface area contributed by atoms with E-state index in [4.69, 9.17) is 10.5 Å². The molecule has 152 valence electrons. The first-order valence-corrected chi connectivity index (χ1v) is 10.5. The summed E-state index contributed by atoms with van der Waals surface area (Å²) in [7, 11) is 0. The molecular weight excluding hydrogens is 388 g/mol.